The lowest BCUT2D eigenvalue weighted by Gasteiger charge is -2.23. The van der Waals surface area contributed by atoms with Crippen molar-refractivity contribution in [2.45, 2.75) is 32.2 Å². The molecule has 0 aromatic heterocycles. The van der Waals surface area contributed by atoms with E-state index in [0.717, 1.165) is 0 Å². The van der Waals surface area contributed by atoms with Gasteiger partial charge in [-0.3, -0.25) is 9.59 Å². The Kier molecular flexibility index (Phi) is 4.71. The Balaban J connectivity index is 2.02. The number of hydrogen-bond acceptors (Lipinski definition) is 2. The number of nitrogens with zero attached hydrogens (tertiary/aromatic N) is 1. The summed E-state index contributed by atoms with van der Waals surface area (Å²) in [6.07, 6.45) is 1.34. The monoisotopic (exact) mass is 278 g/mol. The van der Waals surface area contributed by atoms with Gasteiger partial charge < -0.3 is 10.2 Å². The van der Waals surface area contributed by atoms with Gasteiger partial charge in [-0.15, -0.1) is 0 Å². The van der Waals surface area contributed by atoms with E-state index in [2.05, 4.69) is 5.32 Å². The summed E-state index contributed by atoms with van der Waals surface area (Å²) < 4.78 is 13.6. The predicted molar refractivity (Wildman–Crippen MR) is 73.5 cm³/mol. The van der Waals surface area contributed by atoms with E-state index >= 15 is 0 Å². The Morgan fingerprint density at radius 2 is 2.10 bits per heavy atom. The van der Waals surface area contributed by atoms with Crippen LogP contribution in [0.25, 0.3) is 0 Å². The third-order valence-corrected chi connectivity index (χ3v) is 3.57. The third kappa shape index (κ3) is 3.35. The van der Waals surface area contributed by atoms with Crippen LogP contribution in [-0.4, -0.2) is 35.8 Å². The molecule has 0 aliphatic carbocycles. The van der Waals surface area contributed by atoms with Crippen LogP contribution in [-0.2, 0) is 16.0 Å². The quantitative estimate of drug-likeness (QED) is 0.907. The average Bonchev–Trinajstić information content (AvgIpc) is 2.58. The first-order chi connectivity index (χ1) is 9.61. The van der Waals surface area contributed by atoms with Gasteiger partial charge in [-0.05, 0) is 24.5 Å². The van der Waals surface area contributed by atoms with E-state index in [1.165, 1.54) is 6.07 Å². The molecule has 108 valence electrons. The number of benzene rings is 1. The van der Waals surface area contributed by atoms with Crippen molar-refractivity contribution in [2.24, 2.45) is 0 Å². The zero-order valence-corrected chi connectivity index (χ0v) is 11.6. The number of amides is 2. The number of carbonyl (C=O) groups excluding carboxylic acids is 2. The summed E-state index contributed by atoms with van der Waals surface area (Å²) in [5.41, 5.74) is 0.594. The van der Waals surface area contributed by atoms with Crippen LogP contribution in [0.3, 0.4) is 0 Å². The van der Waals surface area contributed by atoms with Gasteiger partial charge in [-0.25, -0.2) is 4.39 Å². The summed E-state index contributed by atoms with van der Waals surface area (Å²) >= 11 is 0. The second-order valence-corrected chi connectivity index (χ2v) is 4.95. The van der Waals surface area contributed by atoms with Crippen LogP contribution < -0.4 is 5.32 Å². The molecule has 1 aliphatic rings. The van der Waals surface area contributed by atoms with Crippen LogP contribution in [0.1, 0.15) is 25.3 Å². The van der Waals surface area contributed by atoms with Crippen molar-refractivity contribution in [2.75, 3.05) is 13.1 Å². The zero-order valence-electron chi connectivity index (χ0n) is 11.6. The minimum absolute atomic E-state index is 0.0744. The Hall–Kier alpha value is -1.91. The van der Waals surface area contributed by atoms with E-state index in [-0.39, 0.29) is 17.6 Å². The van der Waals surface area contributed by atoms with Crippen molar-refractivity contribution in [3.8, 4) is 0 Å². The van der Waals surface area contributed by atoms with Crippen LogP contribution in [0.4, 0.5) is 4.39 Å². The molecule has 1 unspecified atom stereocenters. The van der Waals surface area contributed by atoms with Crippen molar-refractivity contribution in [3.05, 3.63) is 35.6 Å². The molecule has 1 heterocycles. The highest BCUT2D eigenvalue weighted by Gasteiger charge is 2.28. The van der Waals surface area contributed by atoms with Crippen LogP contribution >= 0.6 is 0 Å². The minimum atomic E-state index is -0.453. The Labute approximate surface area is 118 Å². The van der Waals surface area contributed by atoms with Gasteiger partial charge >= 0.3 is 0 Å². The molecule has 0 bridgehead atoms. The summed E-state index contributed by atoms with van der Waals surface area (Å²) in [5.74, 6) is -0.427. The fourth-order valence-corrected chi connectivity index (χ4v) is 2.35. The maximum absolute atomic E-state index is 13.6. The van der Waals surface area contributed by atoms with E-state index < -0.39 is 6.04 Å². The lowest BCUT2D eigenvalue weighted by Crippen LogP contribution is -2.44. The minimum Gasteiger partial charge on any atom is -0.344 e. The first-order valence-electron chi connectivity index (χ1n) is 6.93. The SMILES string of the molecule is CCC1NC(=O)CCN(CCc2ccccc2F)C1=O. The van der Waals surface area contributed by atoms with E-state index in [1.807, 2.05) is 6.92 Å². The lowest BCUT2D eigenvalue weighted by molar-refractivity contribution is -0.133. The zero-order chi connectivity index (χ0) is 14.5. The van der Waals surface area contributed by atoms with E-state index in [0.29, 0.717) is 37.9 Å². The first-order valence-corrected chi connectivity index (χ1v) is 6.93. The molecule has 2 rings (SSSR count). The molecule has 0 radical (unpaired) electrons. The van der Waals surface area contributed by atoms with Crippen molar-refractivity contribution in [1.29, 1.82) is 0 Å². The van der Waals surface area contributed by atoms with Crippen LogP contribution in [0.5, 0.6) is 0 Å². The maximum Gasteiger partial charge on any atom is 0.245 e. The van der Waals surface area contributed by atoms with Gasteiger partial charge in [0.25, 0.3) is 0 Å². The van der Waals surface area contributed by atoms with Crippen LogP contribution in [0.2, 0.25) is 0 Å². The van der Waals surface area contributed by atoms with Crippen LogP contribution in [0.15, 0.2) is 24.3 Å². The summed E-state index contributed by atoms with van der Waals surface area (Å²) in [7, 11) is 0. The van der Waals surface area contributed by atoms with Gasteiger partial charge in [0.1, 0.15) is 11.9 Å². The molecule has 20 heavy (non-hydrogen) atoms. The molecule has 1 N–H and O–H groups in total. The summed E-state index contributed by atoms with van der Waals surface area (Å²) in [6.45, 7) is 2.70. The van der Waals surface area contributed by atoms with Gasteiger partial charge in [0.05, 0.1) is 0 Å². The van der Waals surface area contributed by atoms with Crippen molar-refractivity contribution in [3.63, 3.8) is 0 Å². The molecular formula is C15H19FN2O2. The van der Waals surface area contributed by atoms with Gasteiger partial charge in [0.2, 0.25) is 11.8 Å². The average molecular weight is 278 g/mol. The van der Waals surface area contributed by atoms with Crippen molar-refractivity contribution >= 4 is 11.8 Å². The molecule has 4 nitrogen and oxygen atoms in total. The second kappa shape index (κ2) is 6.50. The number of carbonyl (C=O) groups is 2. The molecular weight excluding hydrogens is 259 g/mol. The van der Waals surface area contributed by atoms with E-state index in [9.17, 15) is 14.0 Å². The number of hydrogen-bond donors (Lipinski definition) is 1. The summed E-state index contributed by atoms with van der Waals surface area (Å²) in [6, 6.07) is 6.11. The van der Waals surface area contributed by atoms with Gasteiger partial charge in [-0.2, -0.15) is 0 Å². The summed E-state index contributed by atoms with van der Waals surface area (Å²) in [5, 5.41) is 2.71. The Morgan fingerprint density at radius 3 is 2.80 bits per heavy atom. The standard InChI is InChI=1S/C15H19FN2O2/c1-2-13-15(20)18(10-8-14(19)17-13)9-7-11-5-3-4-6-12(11)16/h3-6,13H,2,7-10H2,1H3,(H,17,19). The molecule has 1 fully saturated rings. The molecule has 5 heteroatoms. The van der Waals surface area contributed by atoms with Gasteiger partial charge in [0, 0.05) is 19.5 Å². The normalized spacial score (nSPS) is 19.7. The molecule has 1 aliphatic heterocycles. The smallest absolute Gasteiger partial charge is 0.245 e. The number of rotatable bonds is 4. The fourth-order valence-electron chi connectivity index (χ4n) is 2.35. The number of nitrogens with one attached hydrogen (secondary N) is 1. The lowest BCUT2D eigenvalue weighted by atomic mass is 10.1. The van der Waals surface area contributed by atoms with Crippen molar-refractivity contribution in [1.82, 2.24) is 10.2 Å². The molecule has 0 saturated carbocycles. The summed E-state index contributed by atoms with van der Waals surface area (Å²) in [4.78, 5) is 25.4. The van der Waals surface area contributed by atoms with Crippen molar-refractivity contribution < 1.29 is 14.0 Å². The van der Waals surface area contributed by atoms with Crippen LogP contribution in [0, 0.1) is 5.82 Å². The highest BCUT2D eigenvalue weighted by molar-refractivity contribution is 5.89. The Bertz CT molecular complexity index is 504. The molecule has 1 atom stereocenters. The van der Waals surface area contributed by atoms with Gasteiger partial charge in [-0.1, -0.05) is 25.1 Å². The van der Waals surface area contributed by atoms with Gasteiger partial charge in [0.15, 0.2) is 0 Å². The third-order valence-electron chi connectivity index (χ3n) is 3.57. The maximum atomic E-state index is 13.6. The molecule has 2 amide bonds. The topological polar surface area (TPSA) is 49.4 Å². The first kappa shape index (κ1) is 14.5. The molecule has 1 saturated heterocycles. The second-order valence-electron chi connectivity index (χ2n) is 4.95. The largest absolute Gasteiger partial charge is 0.344 e. The highest BCUT2D eigenvalue weighted by Crippen LogP contribution is 2.11. The predicted octanol–water partition coefficient (Wildman–Crippen LogP) is 1.50. The molecule has 0 spiro atoms. The molecule has 1 aromatic rings. The number of halogens is 1. The highest BCUT2D eigenvalue weighted by atomic mass is 19.1. The Morgan fingerprint density at radius 1 is 1.35 bits per heavy atom. The van der Waals surface area contributed by atoms with E-state index in [1.54, 1.807) is 23.1 Å². The molecule has 1 aromatic carbocycles. The fraction of sp³-hybridized carbons (Fsp3) is 0.467. The van der Waals surface area contributed by atoms with E-state index in [4.69, 9.17) is 0 Å².